The van der Waals surface area contributed by atoms with E-state index >= 15 is 0 Å². The second-order valence-electron chi connectivity index (χ2n) is 8.43. The van der Waals surface area contributed by atoms with Crippen LogP contribution in [0.1, 0.15) is 30.4 Å². The molecule has 0 saturated carbocycles. The normalized spacial score (nSPS) is 16.6. The number of carbonyl (C=O) groups excluding carboxylic acids is 1. The molecule has 2 heterocycles. The van der Waals surface area contributed by atoms with E-state index in [1.165, 1.54) is 11.3 Å². The number of benzene rings is 1. The Hall–Kier alpha value is -2.14. The second kappa shape index (κ2) is 8.25. The summed E-state index contributed by atoms with van der Waals surface area (Å²) in [7, 11) is -1.12. The number of ether oxygens (including phenoxy) is 2. The lowest BCUT2D eigenvalue weighted by molar-refractivity contribution is -0.444. The molecule has 0 aliphatic carbocycles. The smallest absolute Gasteiger partial charge is 0.387 e. The first-order valence-corrected chi connectivity index (χ1v) is 13.4. The fourth-order valence-electron chi connectivity index (χ4n) is 3.50. The monoisotopic (exact) mass is 384 g/mol. The minimum absolute atomic E-state index is 0.225. The summed E-state index contributed by atoms with van der Waals surface area (Å²) in [5.41, 5.74) is 3.55. The van der Waals surface area contributed by atoms with Crippen LogP contribution < -0.4 is 9.47 Å². The van der Waals surface area contributed by atoms with Gasteiger partial charge in [-0.15, -0.1) is 6.58 Å². The predicted octanol–water partition coefficient (Wildman–Crippen LogP) is 4.66. The zero-order valence-electron chi connectivity index (χ0n) is 16.7. The summed E-state index contributed by atoms with van der Waals surface area (Å²) in [6.45, 7) is 11.9. The van der Waals surface area contributed by atoms with Crippen molar-refractivity contribution >= 4 is 25.8 Å². The van der Waals surface area contributed by atoms with Crippen LogP contribution in [-0.4, -0.2) is 37.6 Å². The van der Waals surface area contributed by atoms with Crippen molar-refractivity contribution < 1.29 is 18.8 Å². The van der Waals surface area contributed by atoms with E-state index in [4.69, 9.17) is 9.47 Å². The summed E-state index contributed by atoms with van der Waals surface area (Å²) in [5.74, 6) is 1.83. The lowest BCUT2D eigenvalue weighted by atomic mass is 10.0. The average molecular weight is 385 g/mol. The number of hydrogen-bond acceptors (Lipinski definition) is 3. The van der Waals surface area contributed by atoms with Gasteiger partial charge in [-0.3, -0.25) is 0 Å². The summed E-state index contributed by atoms with van der Waals surface area (Å²) in [4.78, 5) is 12.3. The van der Waals surface area contributed by atoms with Crippen molar-refractivity contribution in [2.75, 3.05) is 13.3 Å². The Balaban J connectivity index is 1.82. The van der Waals surface area contributed by atoms with E-state index in [2.05, 4.69) is 50.5 Å². The summed E-state index contributed by atoms with van der Waals surface area (Å²) in [5, 5.41) is 0. The van der Waals surface area contributed by atoms with Crippen LogP contribution in [0.4, 0.5) is 0 Å². The molecule has 1 amide bonds. The second-order valence-corrected chi connectivity index (χ2v) is 14.0. The lowest BCUT2D eigenvalue weighted by Crippen LogP contribution is -2.22. The van der Waals surface area contributed by atoms with Gasteiger partial charge in [-0.25, -0.2) is 4.79 Å². The van der Waals surface area contributed by atoms with Crippen molar-refractivity contribution in [1.82, 2.24) is 0 Å². The zero-order valence-corrected chi connectivity index (χ0v) is 17.7. The molecule has 1 aromatic carbocycles. The van der Waals surface area contributed by atoms with Crippen molar-refractivity contribution in [3.63, 3.8) is 0 Å². The molecule has 144 valence electrons. The number of allylic oxidation sites excluding steroid dienone is 2. The van der Waals surface area contributed by atoms with E-state index in [0.29, 0.717) is 13.0 Å². The van der Waals surface area contributed by atoms with Crippen molar-refractivity contribution in [2.45, 2.75) is 51.4 Å². The first-order chi connectivity index (χ1) is 12.9. The highest BCUT2D eigenvalue weighted by Crippen LogP contribution is 2.35. The maximum Gasteiger partial charge on any atom is 0.387 e. The summed E-state index contributed by atoms with van der Waals surface area (Å²) >= 11 is 0. The van der Waals surface area contributed by atoms with Crippen LogP contribution in [0, 0.1) is 0 Å². The highest BCUT2D eigenvalue weighted by Gasteiger charge is 2.30. The highest BCUT2D eigenvalue weighted by atomic mass is 28.3. The molecule has 0 unspecified atom stereocenters. The Morgan fingerprint density at radius 2 is 1.93 bits per heavy atom. The van der Waals surface area contributed by atoms with Gasteiger partial charge in [0.05, 0.1) is 6.42 Å². The molecule has 3 rings (SSSR count). The largest absolute Gasteiger partial charge is 0.454 e. The molecule has 4 nitrogen and oxygen atoms in total. The molecule has 0 spiro atoms. The summed E-state index contributed by atoms with van der Waals surface area (Å²) in [6.07, 6.45) is 9.43. The molecule has 0 fully saturated rings. The van der Waals surface area contributed by atoms with Crippen LogP contribution in [0.5, 0.6) is 11.5 Å². The van der Waals surface area contributed by atoms with Crippen LogP contribution in [-0.2, 0) is 11.2 Å². The van der Waals surface area contributed by atoms with E-state index in [0.717, 1.165) is 42.4 Å². The quantitative estimate of drug-likeness (QED) is 0.372. The van der Waals surface area contributed by atoms with Gasteiger partial charge in [0.2, 0.25) is 6.79 Å². The van der Waals surface area contributed by atoms with Gasteiger partial charge in [-0.05, 0) is 29.3 Å². The Morgan fingerprint density at radius 1 is 1.19 bits per heavy atom. The van der Waals surface area contributed by atoms with Gasteiger partial charge in [0.1, 0.15) is 0 Å². The first-order valence-electron chi connectivity index (χ1n) is 9.72. The highest BCUT2D eigenvalue weighted by molar-refractivity contribution is 6.76. The molecule has 0 saturated heterocycles. The van der Waals surface area contributed by atoms with E-state index in [1.807, 2.05) is 10.7 Å². The molecule has 27 heavy (non-hydrogen) atoms. The molecular weight excluding hydrogens is 354 g/mol. The fraction of sp³-hybridized carbons (Fsp3) is 0.455. The van der Waals surface area contributed by atoms with Crippen LogP contribution >= 0.6 is 0 Å². The third-order valence-corrected chi connectivity index (χ3v) is 6.42. The maximum atomic E-state index is 12.3. The average Bonchev–Trinajstić information content (AvgIpc) is 3.18. The Morgan fingerprint density at radius 3 is 2.63 bits per heavy atom. The Kier molecular flexibility index (Phi) is 6.00. The van der Waals surface area contributed by atoms with E-state index in [9.17, 15) is 4.79 Å². The van der Waals surface area contributed by atoms with Gasteiger partial charge < -0.3 is 9.47 Å². The van der Waals surface area contributed by atoms with Crippen LogP contribution in [0.2, 0.25) is 25.7 Å². The van der Waals surface area contributed by atoms with Crippen molar-refractivity contribution in [3.05, 3.63) is 42.0 Å². The first kappa shape index (κ1) is 19.6. The zero-order chi connectivity index (χ0) is 19.4. The van der Waals surface area contributed by atoms with Gasteiger partial charge >= 0.3 is 5.91 Å². The van der Waals surface area contributed by atoms with Gasteiger partial charge in [0, 0.05) is 27.3 Å². The number of fused-ring (bicyclic) bond motifs is 1. The van der Waals surface area contributed by atoms with Crippen LogP contribution in [0.15, 0.2) is 30.9 Å². The molecular formula is C22H30NO3Si+. The maximum absolute atomic E-state index is 12.3. The standard InChI is InChI=1S/C22H30NO3Si/c1-5-7-19-9-10-22(24)23(19)12-11-18-15-21-20(25-16-26-21)14-17(18)8-6-13-27(2,3)4/h5-6,8,14-15H,1,7,9-13,16H2,2-4H3/q+1. The summed E-state index contributed by atoms with van der Waals surface area (Å²) in [6, 6.07) is 5.28. The predicted molar refractivity (Wildman–Crippen MR) is 113 cm³/mol. The van der Waals surface area contributed by atoms with Crippen LogP contribution in [0.25, 0.3) is 6.08 Å². The SMILES string of the molecule is C=CCC1=[N+](CCc2cc3c(cc2C=CC[Si](C)(C)C)OCO3)C(=O)CC1. The Labute approximate surface area is 163 Å². The van der Waals surface area contributed by atoms with E-state index in [1.54, 1.807) is 0 Å². The molecule has 0 N–H and O–H groups in total. The minimum atomic E-state index is -1.12. The van der Waals surface area contributed by atoms with E-state index < -0.39 is 8.07 Å². The number of rotatable bonds is 8. The molecule has 0 aromatic heterocycles. The number of amides is 1. The van der Waals surface area contributed by atoms with Gasteiger partial charge in [0.15, 0.2) is 23.8 Å². The third-order valence-electron chi connectivity index (χ3n) is 4.96. The number of nitrogens with zero attached hydrogens (tertiary/aromatic N) is 1. The number of carbonyl (C=O) groups is 1. The Bertz CT molecular complexity index is 803. The van der Waals surface area contributed by atoms with Gasteiger partial charge in [0.25, 0.3) is 0 Å². The molecule has 0 bridgehead atoms. The molecule has 0 atom stereocenters. The van der Waals surface area contributed by atoms with Gasteiger partial charge in [-0.1, -0.05) is 37.9 Å². The minimum Gasteiger partial charge on any atom is -0.454 e. The molecule has 0 radical (unpaired) electrons. The summed E-state index contributed by atoms with van der Waals surface area (Å²) < 4.78 is 13.1. The fourth-order valence-corrected chi connectivity index (χ4v) is 4.33. The molecule has 2 aliphatic rings. The third kappa shape index (κ3) is 4.98. The lowest BCUT2D eigenvalue weighted by Gasteiger charge is -2.12. The molecule has 2 aliphatic heterocycles. The van der Waals surface area contributed by atoms with E-state index in [-0.39, 0.29) is 12.7 Å². The number of hydrogen-bond donors (Lipinski definition) is 0. The topological polar surface area (TPSA) is 38.5 Å². The van der Waals surface area contributed by atoms with Crippen molar-refractivity contribution in [3.8, 4) is 11.5 Å². The molecule has 1 aromatic rings. The van der Waals surface area contributed by atoms with Crippen molar-refractivity contribution in [1.29, 1.82) is 0 Å². The molecule has 5 heteroatoms. The van der Waals surface area contributed by atoms with Gasteiger partial charge in [-0.2, -0.15) is 4.58 Å². The van der Waals surface area contributed by atoms with Crippen LogP contribution in [0.3, 0.4) is 0 Å². The van der Waals surface area contributed by atoms with Crippen molar-refractivity contribution in [2.24, 2.45) is 0 Å².